The van der Waals surface area contributed by atoms with Crippen LogP contribution in [-0.4, -0.2) is 5.97 Å². The van der Waals surface area contributed by atoms with Crippen molar-refractivity contribution in [1.29, 1.82) is 0 Å². The minimum Gasteiger partial charge on any atom is -0.460 e. The van der Waals surface area contributed by atoms with Gasteiger partial charge in [0, 0.05) is 0 Å². The first-order valence-corrected chi connectivity index (χ1v) is 6.44. The second-order valence-electron chi connectivity index (χ2n) is 4.73. The van der Waals surface area contributed by atoms with Crippen molar-refractivity contribution < 1.29 is 9.53 Å². The number of carbonyl (C=O) groups is 1. The molecule has 0 bridgehead atoms. The highest BCUT2D eigenvalue weighted by atomic mass is 16.5. The number of rotatable bonds is 4. The van der Waals surface area contributed by atoms with E-state index in [4.69, 9.17) is 4.74 Å². The van der Waals surface area contributed by atoms with Crippen LogP contribution in [0, 0.1) is 6.92 Å². The highest BCUT2D eigenvalue weighted by molar-refractivity contribution is 5.77. The van der Waals surface area contributed by atoms with Crippen LogP contribution < -0.4 is 0 Å². The Hall–Kier alpha value is -2.09. The Labute approximate surface area is 114 Å². The van der Waals surface area contributed by atoms with E-state index in [0.717, 1.165) is 11.1 Å². The maximum absolute atomic E-state index is 12.0. The third-order valence-electron chi connectivity index (χ3n) is 3.15. The van der Waals surface area contributed by atoms with E-state index in [9.17, 15) is 4.79 Å². The quantitative estimate of drug-likeness (QED) is 0.775. The van der Waals surface area contributed by atoms with Crippen LogP contribution in [0.2, 0.25) is 0 Å². The molecule has 2 rings (SSSR count). The number of esters is 1. The molecule has 0 aliphatic carbocycles. The fraction of sp³-hybridized carbons (Fsp3) is 0.235. The standard InChI is InChI=1S/C17H18O2/c1-13-8-10-16(11-9-13)14(2)17(18)19-12-15-6-4-3-5-7-15/h3-11,14H,12H2,1-2H3/t14-/m0/s1. The predicted octanol–water partition coefficient (Wildman–Crippen LogP) is 3.84. The van der Waals surface area contributed by atoms with Gasteiger partial charge in [-0.2, -0.15) is 0 Å². The number of hydrogen-bond acceptors (Lipinski definition) is 2. The summed E-state index contributed by atoms with van der Waals surface area (Å²) < 4.78 is 5.34. The van der Waals surface area contributed by atoms with E-state index in [2.05, 4.69) is 0 Å². The summed E-state index contributed by atoms with van der Waals surface area (Å²) in [5.41, 5.74) is 3.18. The van der Waals surface area contributed by atoms with Crippen molar-refractivity contribution in [2.75, 3.05) is 0 Å². The predicted molar refractivity (Wildman–Crippen MR) is 75.8 cm³/mol. The van der Waals surface area contributed by atoms with E-state index in [0.29, 0.717) is 6.61 Å². The van der Waals surface area contributed by atoms with E-state index >= 15 is 0 Å². The van der Waals surface area contributed by atoms with E-state index in [-0.39, 0.29) is 11.9 Å². The van der Waals surface area contributed by atoms with E-state index < -0.39 is 0 Å². The maximum Gasteiger partial charge on any atom is 0.313 e. The van der Waals surface area contributed by atoms with Gasteiger partial charge in [0.15, 0.2) is 0 Å². The smallest absolute Gasteiger partial charge is 0.313 e. The third kappa shape index (κ3) is 3.68. The summed E-state index contributed by atoms with van der Waals surface area (Å²) in [6.45, 7) is 4.23. The lowest BCUT2D eigenvalue weighted by Crippen LogP contribution is -2.13. The number of aryl methyl sites for hydroxylation is 1. The molecule has 2 nitrogen and oxygen atoms in total. The van der Waals surface area contributed by atoms with Gasteiger partial charge >= 0.3 is 5.97 Å². The van der Waals surface area contributed by atoms with E-state index in [1.54, 1.807) is 0 Å². The normalized spacial score (nSPS) is 11.9. The monoisotopic (exact) mass is 254 g/mol. The Morgan fingerprint density at radius 3 is 2.32 bits per heavy atom. The first kappa shape index (κ1) is 13.3. The molecule has 0 saturated heterocycles. The van der Waals surface area contributed by atoms with Crippen LogP contribution in [0.25, 0.3) is 0 Å². The van der Waals surface area contributed by atoms with Gasteiger partial charge in [-0.1, -0.05) is 60.2 Å². The second-order valence-corrected chi connectivity index (χ2v) is 4.73. The van der Waals surface area contributed by atoms with E-state index in [1.807, 2.05) is 68.4 Å². The van der Waals surface area contributed by atoms with E-state index in [1.165, 1.54) is 5.56 Å². The van der Waals surface area contributed by atoms with Crippen molar-refractivity contribution in [3.8, 4) is 0 Å². The minimum absolute atomic E-state index is 0.187. The summed E-state index contributed by atoms with van der Waals surface area (Å²) >= 11 is 0. The molecule has 19 heavy (non-hydrogen) atoms. The molecule has 1 atom stereocenters. The summed E-state index contributed by atoms with van der Waals surface area (Å²) in [4.78, 5) is 12.0. The van der Waals surface area contributed by atoms with Crippen molar-refractivity contribution in [2.24, 2.45) is 0 Å². The van der Waals surface area contributed by atoms with Crippen molar-refractivity contribution >= 4 is 5.97 Å². The van der Waals surface area contributed by atoms with Gasteiger partial charge in [-0.25, -0.2) is 0 Å². The van der Waals surface area contributed by atoms with Crippen molar-refractivity contribution in [2.45, 2.75) is 26.4 Å². The molecule has 2 aromatic rings. The van der Waals surface area contributed by atoms with Crippen LogP contribution in [-0.2, 0) is 16.1 Å². The number of carbonyl (C=O) groups excluding carboxylic acids is 1. The van der Waals surface area contributed by atoms with Gasteiger partial charge in [-0.15, -0.1) is 0 Å². The summed E-state index contributed by atoms with van der Waals surface area (Å²) in [6, 6.07) is 17.7. The Kier molecular flexibility index (Phi) is 4.35. The zero-order valence-corrected chi connectivity index (χ0v) is 11.3. The summed E-state index contributed by atoms with van der Waals surface area (Å²) in [5.74, 6) is -0.419. The molecule has 0 radical (unpaired) electrons. The molecular formula is C17H18O2. The first-order chi connectivity index (χ1) is 9.16. The van der Waals surface area contributed by atoms with Crippen LogP contribution in [0.5, 0.6) is 0 Å². The molecule has 0 aliphatic rings. The molecular weight excluding hydrogens is 236 g/mol. The zero-order chi connectivity index (χ0) is 13.7. The lowest BCUT2D eigenvalue weighted by Gasteiger charge is -2.12. The van der Waals surface area contributed by atoms with Crippen LogP contribution in [0.3, 0.4) is 0 Å². The molecule has 0 aromatic heterocycles. The summed E-state index contributed by atoms with van der Waals surface area (Å²) in [7, 11) is 0. The topological polar surface area (TPSA) is 26.3 Å². The molecule has 98 valence electrons. The van der Waals surface area contributed by atoms with Crippen LogP contribution in [0.4, 0.5) is 0 Å². The molecule has 0 heterocycles. The Morgan fingerprint density at radius 1 is 1.05 bits per heavy atom. The summed E-state index contributed by atoms with van der Waals surface area (Å²) in [6.07, 6.45) is 0. The van der Waals surface area contributed by atoms with Crippen molar-refractivity contribution in [1.82, 2.24) is 0 Å². The van der Waals surface area contributed by atoms with Gasteiger partial charge in [0.1, 0.15) is 6.61 Å². The van der Waals surface area contributed by atoms with Gasteiger partial charge in [0.25, 0.3) is 0 Å². The lowest BCUT2D eigenvalue weighted by molar-refractivity contribution is -0.146. The first-order valence-electron chi connectivity index (χ1n) is 6.44. The van der Waals surface area contributed by atoms with Gasteiger partial charge in [0.2, 0.25) is 0 Å². The molecule has 0 fully saturated rings. The number of hydrogen-bond donors (Lipinski definition) is 0. The van der Waals surface area contributed by atoms with Crippen LogP contribution in [0.15, 0.2) is 54.6 Å². The number of ether oxygens (including phenoxy) is 1. The molecule has 0 spiro atoms. The lowest BCUT2D eigenvalue weighted by atomic mass is 10.0. The Bertz CT molecular complexity index is 529. The molecule has 0 unspecified atom stereocenters. The average molecular weight is 254 g/mol. The fourth-order valence-electron chi connectivity index (χ4n) is 1.84. The van der Waals surface area contributed by atoms with Crippen molar-refractivity contribution in [3.05, 3.63) is 71.3 Å². The Morgan fingerprint density at radius 2 is 1.68 bits per heavy atom. The zero-order valence-electron chi connectivity index (χ0n) is 11.3. The fourth-order valence-corrected chi connectivity index (χ4v) is 1.84. The SMILES string of the molecule is Cc1ccc([C@H](C)C(=O)OCc2ccccc2)cc1. The molecule has 0 N–H and O–H groups in total. The molecule has 0 amide bonds. The van der Waals surface area contributed by atoms with Gasteiger partial charge < -0.3 is 4.74 Å². The molecule has 0 saturated carbocycles. The molecule has 2 heteroatoms. The second kappa shape index (κ2) is 6.19. The van der Waals surface area contributed by atoms with Gasteiger partial charge in [0.05, 0.1) is 5.92 Å². The Balaban J connectivity index is 1.94. The van der Waals surface area contributed by atoms with Gasteiger partial charge in [-0.05, 0) is 25.0 Å². The largest absolute Gasteiger partial charge is 0.460 e. The maximum atomic E-state index is 12.0. The van der Waals surface area contributed by atoms with Gasteiger partial charge in [-0.3, -0.25) is 4.79 Å². The molecule has 2 aromatic carbocycles. The van der Waals surface area contributed by atoms with Crippen LogP contribution >= 0.6 is 0 Å². The minimum atomic E-state index is -0.232. The number of benzene rings is 2. The highest BCUT2D eigenvalue weighted by Crippen LogP contribution is 2.18. The van der Waals surface area contributed by atoms with Crippen molar-refractivity contribution in [3.63, 3.8) is 0 Å². The van der Waals surface area contributed by atoms with Crippen LogP contribution in [0.1, 0.15) is 29.5 Å². The average Bonchev–Trinajstić information content (AvgIpc) is 2.46. The highest BCUT2D eigenvalue weighted by Gasteiger charge is 2.16. The summed E-state index contributed by atoms with van der Waals surface area (Å²) in [5, 5.41) is 0. The molecule has 0 aliphatic heterocycles. The third-order valence-corrected chi connectivity index (χ3v) is 3.15.